The maximum absolute atomic E-state index is 9.84. The minimum Gasteiger partial charge on any atom is -0.389 e. The van der Waals surface area contributed by atoms with E-state index in [1.807, 2.05) is 30.1 Å². The number of aliphatic hydroxyl groups excluding tert-OH is 1. The Morgan fingerprint density at radius 2 is 2.22 bits per heavy atom. The SMILES string of the molecule is C[C@@H](O)c1cccnc1N1CCSC(C)(C)CC1. The Morgan fingerprint density at radius 3 is 2.94 bits per heavy atom. The summed E-state index contributed by atoms with van der Waals surface area (Å²) in [6.45, 7) is 8.42. The van der Waals surface area contributed by atoms with Crippen molar-refractivity contribution in [1.82, 2.24) is 4.98 Å². The average molecular weight is 266 g/mol. The number of rotatable bonds is 2. The monoisotopic (exact) mass is 266 g/mol. The van der Waals surface area contributed by atoms with Crippen LogP contribution in [0.4, 0.5) is 5.82 Å². The summed E-state index contributed by atoms with van der Waals surface area (Å²) in [5, 5.41) is 9.84. The molecule has 1 aromatic rings. The van der Waals surface area contributed by atoms with E-state index in [9.17, 15) is 5.11 Å². The molecule has 1 atom stereocenters. The topological polar surface area (TPSA) is 36.4 Å². The van der Waals surface area contributed by atoms with E-state index in [2.05, 4.69) is 23.7 Å². The molecule has 1 aliphatic heterocycles. The van der Waals surface area contributed by atoms with Gasteiger partial charge in [-0.3, -0.25) is 0 Å². The summed E-state index contributed by atoms with van der Waals surface area (Å²) in [5.41, 5.74) is 0.933. The Kier molecular flexibility index (Phi) is 4.17. The van der Waals surface area contributed by atoms with Crippen LogP contribution in [0.2, 0.25) is 0 Å². The summed E-state index contributed by atoms with van der Waals surface area (Å²) in [6.07, 6.45) is 2.50. The Morgan fingerprint density at radius 1 is 1.44 bits per heavy atom. The molecule has 0 unspecified atom stereocenters. The highest BCUT2D eigenvalue weighted by Crippen LogP contribution is 2.33. The summed E-state index contributed by atoms with van der Waals surface area (Å²) in [7, 11) is 0. The van der Waals surface area contributed by atoms with Crippen molar-refractivity contribution in [3.63, 3.8) is 0 Å². The van der Waals surface area contributed by atoms with Crippen LogP contribution in [0.5, 0.6) is 0 Å². The van der Waals surface area contributed by atoms with E-state index < -0.39 is 6.10 Å². The van der Waals surface area contributed by atoms with Crippen molar-refractivity contribution in [1.29, 1.82) is 0 Å². The molecule has 0 amide bonds. The van der Waals surface area contributed by atoms with Gasteiger partial charge in [-0.05, 0) is 19.4 Å². The number of thioether (sulfide) groups is 1. The first-order valence-electron chi connectivity index (χ1n) is 6.51. The molecule has 2 heterocycles. The summed E-state index contributed by atoms with van der Waals surface area (Å²) < 4.78 is 0.342. The normalized spacial score (nSPS) is 21.4. The van der Waals surface area contributed by atoms with E-state index >= 15 is 0 Å². The molecule has 1 saturated heterocycles. The molecule has 0 bridgehead atoms. The minimum absolute atomic E-state index is 0.342. The molecule has 100 valence electrons. The lowest BCUT2D eigenvalue weighted by Gasteiger charge is -2.25. The lowest BCUT2D eigenvalue weighted by Crippen LogP contribution is -2.29. The summed E-state index contributed by atoms with van der Waals surface area (Å²) in [5.74, 6) is 2.06. The molecule has 0 aromatic carbocycles. The van der Waals surface area contributed by atoms with Gasteiger partial charge >= 0.3 is 0 Å². The van der Waals surface area contributed by atoms with E-state index in [0.29, 0.717) is 4.75 Å². The zero-order chi connectivity index (χ0) is 13.2. The lowest BCUT2D eigenvalue weighted by atomic mass is 10.1. The molecule has 4 heteroatoms. The van der Waals surface area contributed by atoms with Crippen LogP contribution in [-0.2, 0) is 0 Å². The van der Waals surface area contributed by atoms with Gasteiger partial charge in [0.2, 0.25) is 0 Å². The molecule has 18 heavy (non-hydrogen) atoms. The van der Waals surface area contributed by atoms with Gasteiger partial charge in [0.15, 0.2) is 0 Å². The Hall–Kier alpha value is -0.740. The number of aromatic nitrogens is 1. The highest BCUT2D eigenvalue weighted by molar-refractivity contribution is 8.00. The predicted octanol–water partition coefficient (Wildman–Crippen LogP) is 2.86. The number of anilines is 1. The largest absolute Gasteiger partial charge is 0.389 e. The number of nitrogens with zero attached hydrogens (tertiary/aromatic N) is 2. The van der Waals surface area contributed by atoms with E-state index in [1.165, 1.54) is 0 Å². The first kappa shape index (κ1) is 13.7. The van der Waals surface area contributed by atoms with Crippen LogP contribution >= 0.6 is 11.8 Å². The molecule has 3 nitrogen and oxygen atoms in total. The third-order valence-electron chi connectivity index (χ3n) is 3.40. The van der Waals surface area contributed by atoms with E-state index in [-0.39, 0.29) is 0 Å². The molecule has 1 N–H and O–H groups in total. The minimum atomic E-state index is -0.461. The second kappa shape index (κ2) is 5.49. The number of aliphatic hydroxyl groups is 1. The van der Waals surface area contributed by atoms with Crippen LogP contribution < -0.4 is 4.90 Å². The van der Waals surface area contributed by atoms with Crippen LogP contribution in [0.3, 0.4) is 0 Å². The second-order valence-corrected chi connectivity index (χ2v) is 7.24. The van der Waals surface area contributed by atoms with E-state index in [1.54, 1.807) is 6.92 Å². The third-order valence-corrected chi connectivity index (χ3v) is 4.78. The smallest absolute Gasteiger partial charge is 0.134 e. The fourth-order valence-electron chi connectivity index (χ4n) is 2.23. The highest BCUT2D eigenvalue weighted by Gasteiger charge is 2.25. The Balaban J connectivity index is 2.21. The van der Waals surface area contributed by atoms with Crippen LogP contribution in [0.25, 0.3) is 0 Å². The standard InChI is InChI=1S/C14H22N2OS/c1-11(17)12-5-4-7-15-13(12)16-8-6-14(2,3)18-10-9-16/h4-5,7,11,17H,6,8-10H2,1-3H3/t11-/m1/s1. The van der Waals surface area contributed by atoms with Crippen molar-refractivity contribution < 1.29 is 5.11 Å². The molecule has 1 aliphatic rings. The maximum atomic E-state index is 9.84. The van der Waals surface area contributed by atoms with Crippen LogP contribution in [-0.4, -0.2) is 33.7 Å². The third kappa shape index (κ3) is 3.18. The molecule has 1 fully saturated rings. The quantitative estimate of drug-likeness (QED) is 0.893. The van der Waals surface area contributed by atoms with Crippen molar-refractivity contribution in [2.45, 2.75) is 38.0 Å². The summed E-state index contributed by atoms with van der Waals surface area (Å²) in [4.78, 5) is 6.78. The van der Waals surface area contributed by atoms with Gasteiger partial charge in [-0.15, -0.1) is 0 Å². The zero-order valence-electron chi connectivity index (χ0n) is 11.4. The first-order valence-corrected chi connectivity index (χ1v) is 7.50. The first-order chi connectivity index (χ1) is 8.49. The number of hydrogen-bond acceptors (Lipinski definition) is 4. The molecule has 2 rings (SSSR count). The van der Waals surface area contributed by atoms with Crippen molar-refractivity contribution in [3.8, 4) is 0 Å². The lowest BCUT2D eigenvalue weighted by molar-refractivity contribution is 0.199. The van der Waals surface area contributed by atoms with E-state index in [4.69, 9.17) is 0 Å². The Labute approximate surface area is 114 Å². The van der Waals surface area contributed by atoms with Gasteiger partial charge in [-0.25, -0.2) is 4.98 Å². The number of hydrogen-bond donors (Lipinski definition) is 1. The van der Waals surface area contributed by atoms with Gasteiger partial charge in [-0.2, -0.15) is 11.8 Å². The fraction of sp³-hybridized carbons (Fsp3) is 0.643. The van der Waals surface area contributed by atoms with Gasteiger partial charge in [0.05, 0.1) is 6.10 Å². The molecule has 0 radical (unpaired) electrons. The Bertz CT molecular complexity index is 407. The van der Waals surface area contributed by atoms with Crippen LogP contribution in [0.1, 0.15) is 38.9 Å². The molecule has 0 saturated carbocycles. The van der Waals surface area contributed by atoms with Crippen molar-refractivity contribution in [3.05, 3.63) is 23.9 Å². The maximum Gasteiger partial charge on any atom is 0.134 e. The molecule has 0 spiro atoms. The summed E-state index contributed by atoms with van der Waals surface area (Å²) in [6, 6.07) is 3.86. The second-order valence-electron chi connectivity index (χ2n) is 5.44. The van der Waals surface area contributed by atoms with Gasteiger partial charge in [0, 0.05) is 35.3 Å². The van der Waals surface area contributed by atoms with Crippen molar-refractivity contribution in [2.24, 2.45) is 0 Å². The highest BCUT2D eigenvalue weighted by atomic mass is 32.2. The van der Waals surface area contributed by atoms with Gasteiger partial charge in [0.25, 0.3) is 0 Å². The van der Waals surface area contributed by atoms with Gasteiger partial charge in [-0.1, -0.05) is 19.9 Å². The van der Waals surface area contributed by atoms with Crippen LogP contribution in [0, 0.1) is 0 Å². The van der Waals surface area contributed by atoms with Crippen molar-refractivity contribution in [2.75, 3.05) is 23.7 Å². The molecule has 1 aromatic heterocycles. The average Bonchev–Trinajstić information content (AvgIpc) is 2.50. The van der Waals surface area contributed by atoms with Crippen LogP contribution in [0.15, 0.2) is 18.3 Å². The molecule has 0 aliphatic carbocycles. The summed E-state index contributed by atoms with van der Waals surface area (Å²) >= 11 is 2.02. The van der Waals surface area contributed by atoms with Crippen molar-refractivity contribution >= 4 is 17.6 Å². The molecular weight excluding hydrogens is 244 g/mol. The fourth-order valence-corrected chi connectivity index (χ4v) is 3.33. The zero-order valence-corrected chi connectivity index (χ0v) is 12.2. The number of pyridine rings is 1. The van der Waals surface area contributed by atoms with E-state index in [0.717, 1.165) is 36.6 Å². The molecular formula is C14H22N2OS. The predicted molar refractivity (Wildman–Crippen MR) is 78.2 cm³/mol. The van der Waals surface area contributed by atoms with Gasteiger partial charge < -0.3 is 10.0 Å². The van der Waals surface area contributed by atoms with Gasteiger partial charge in [0.1, 0.15) is 5.82 Å².